The Morgan fingerprint density at radius 2 is 2.08 bits per heavy atom. The Bertz CT molecular complexity index is 347. The van der Waals surface area contributed by atoms with E-state index in [1.807, 2.05) is 0 Å². The molecular weight excluding hydrogens is 174 g/mol. The van der Waals surface area contributed by atoms with Crippen molar-refractivity contribution in [2.45, 2.75) is 26.7 Å². The summed E-state index contributed by atoms with van der Waals surface area (Å²) in [4.78, 5) is 11.4. The second kappa shape index (κ2) is 4.11. The van der Waals surface area contributed by atoms with Gasteiger partial charge in [0.05, 0.1) is 18.8 Å². The lowest BCUT2D eigenvalue weighted by atomic mass is 10.2. The summed E-state index contributed by atoms with van der Waals surface area (Å²) in [6, 6.07) is 0. The fourth-order valence-corrected chi connectivity index (χ4v) is 0.981. The Morgan fingerprint density at radius 1 is 1.38 bits per heavy atom. The van der Waals surface area contributed by atoms with Gasteiger partial charge in [0, 0.05) is 6.54 Å². The third-order valence-corrected chi connectivity index (χ3v) is 1.72. The molecule has 6 nitrogen and oxygen atoms in total. The van der Waals surface area contributed by atoms with Gasteiger partial charge >= 0.3 is 0 Å². The third-order valence-electron chi connectivity index (χ3n) is 1.72. The predicted molar refractivity (Wildman–Crippen MR) is 43.8 cm³/mol. The predicted octanol–water partition coefficient (Wildman–Crippen LogP) is -1.36. The fourth-order valence-electron chi connectivity index (χ4n) is 0.981. The molecule has 0 spiro atoms. The van der Waals surface area contributed by atoms with Gasteiger partial charge in [-0.15, -0.1) is 5.10 Å². The lowest BCUT2D eigenvalue weighted by Gasteiger charge is -2.04. The molecule has 0 bridgehead atoms. The fraction of sp³-hybridized carbons (Fsp3) is 0.571. The normalized spacial score (nSPS) is 10.4. The smallest absolute Gasteiger partial charge is 0.275 e. The lowest BCUT2D eigenvalue weighted by Crippen LogP contribution is -2.29. The number of rotatable bonds is 3. The van der Waals surface area contributed by atoms with E-state index in [1.165, 1.54) is 0 Å². The Labute approximate surface area is 74.4 Å². The molecule has 72 valence electrons. The molecule has 2 N–H and O–H groups in total. The minimum absolute atomic E-state index is 0.111. The molecule has 0 saturated heterocycles. The summed E-state index contributed by atoms with van der Waals surface area (Å²) in [7, 11) is 0. The van der Waals surface area contributed by atoms with Gasteiger partial charge in [-0.1, -0.05) is 5.21 Å². The van der Waals surface area contributed by atoms with Gasteiger partial charge < -0.3 is 10.2 Å². The summed E-state index contributed by atoms with van der Waals surface area (Å²) >= 11 is 0. The molecule has 6 heteroatoms. The molecule has 0 aliphatic carbocycles. The van der Waals surface area contributed by atoms with Crippen LogP contribution in [-0.2, 0) is 19.8 Å². The van der Waals surface area contributed by atoms with Crippen molar-refractivity contribution in [2.24, 2.45) is 0 Å². The van der Waals surface area contributed by atoms with E-state index in [1.54, 1.807) is 6.92 Å². The highest BCUT2D eigenvalue weighted by molar-refractivity contribution is 5.13. The van der Waals surface area contributed by atoms with Crippen molar-refractivity contribution >= 4 is 0 Å². The average Bonchev–Trinajstić information content (AvgIpc) is 2.17. The maximum Gasteiger partial charge on any atom is 0.275 e. The van der Waals surface area contributed by atoms with E-state index in [0.717, 1.165) is 4.68 Å². The number of hydrogen-bond acceptors (Lipinski definition) is 5. The van der Waals surface area contributed by atoms with Crippen molar-refractivity contribution in [2.75, 3.05) is 0 Å². The summed E-state index contributed by atoms with van der Waals surface area (Å²) < 4.78 is 1.13. The molecule has 0 unspecified atom stereocenters. The van der Waals surface area contributed by atoms with Gasteiger partial charge in [0.15, 0.2) is 0 Å². The number of aliphatic hydroxyl groups is 2. The van der Waals surface area contributed by atoms with E-state index < -0.39 is 12.2 Å². The molecule has 13 heavy (non-hydrogen) atoms. The SMILES string of the molecule is CCn1nnc(CO)c(CO)c1=O. The third kappa shape index (κ3) is 1.73. The maximum atomic E-state index is 11.4. The van der Waals surface area contributed by atoms with Crippen LogP contribution in [0.3, 0.4) is 0 Å². The van der Waals surface area contributed by atoms with E-state index in [2.05, 4.69) is 10.3 Å². The number of aliphatic hydroxyl groups excluding tert-OH is 2. The van der Waals surface area contributed by atoms with Crippen molar-refractivity contribution in [3.63, 3.8) is 0 Å². The summed E-state index contributed by atoms with van der Waals surface area (Å²) in [6.45, 7) is 1.33. The van der Waals surface area contributed by atoms with Gasteiger partial charge in [-0.2, -0.15) is 0 Å². The quantitative estimate of drug-likeness (QED) is 0.607. The molecule has 0 aromatic carbocycles. The van der Waals surface area contributed by atoms with E-state index in [4.69, 9.17) is 10.2 Å². The van der Waals surface area contributed by atoms with E-state index in [0.29, 0.717) is 6.54 Å². The average molecular weight is 185 g/mol. The van der Waals surface area contributed by atoms with Crippen LogP contribution in [0.15, 0.2) is 4.79 Å². The van der Waals surface area contributed by atoms with Crippen molar-refractivity contribution in [1.82, 2.24) is 15.0 Å². The van der Waals surface area contributed by atoms with Crippen LogP contribution in [0.2, 0.25) is 0 Å². The van der Waals surface area contributed by atoms with Gasteiger partial charge in [-0.3, -0.25) is 4.79 Å². The number of aromatic nitrogens is 3. The van der Waals surface area contributed by atoms with Crippen molar-refractivity contribution < 1.29 is 10.2 Å². The van der Waals surface area contributed by atoms with Crippen LogP contribution in [-0.4, -0.2) is 25.2 Å². The van der Waals surface area contributed by atoms with Crippen LogP contribution in [0.5, 0.6) is 0 Å². The van der Waals surface area contributed by atoms with Gasteiger partial charge in [0.2, 0.25) is 0 Å². The van der Waals surface area contributed by atoms with Crippen LogP contribution in [0.25, 0.3) is 0 Å². The number of hydrogen-bond donors (Lipinski definition) is 2. The molecule has 0 atom stereocenters. The minimum Gasteiger partial charge on any atom is -0.391 e. The van der Waals surface area contributed by atoms with Crippen LogP contribution in [0, 0.1) is 0 Å². The standard InChI is InChI=1S/C7H11N3O3/c1-2-10-7(13)5(3-11)6(4-12)8-9-10/h11-12H,2-4H2,1H3. The molecule has 0 radical (unpaired) electrons. The first kappa shape index (κ1) is 9.82. The van der Waals surface area contributed by atoms with E-state index in [-0.39, 0.29) is 17.9 Å². The van der Waals surface area contributed by atoms with Crippen LogP contribution >= 0.6 is 0 Å². The highest BCUT2D eigenvalue weighted by Gasteiger charge is 2.09. The molecule has 1 heterocycles. The second-order valence-electron chi connectivity index (χ2n) is 2.45. The Morgan fingerprint density at radius 3 is 2.54 bits per heavy atom. The first-order valence-corrected chi connectivity index (χ1v) is 3.91. The largest absolute Gasteiger partial charge is 0.391 e. The van der Waals surface area contributed by atoms with Gasteiger partial charge in [0.25, 0.3) is 5.56 Å². The lowest BCUT2D eigenvalue weighted by molar-refractivity contribution is 0.249. The van der Waals surface area contributed by atoms with E-state index >= 15 is 0 Å². The Hall–Kier alpha value is -1.27. The van der Waals surface area contributed by atoms with Crippen LogP contribution < -0.4 is 5.56 Å². The Kier molecular flexibility index (Phi) is 3.10. The first-order valence-electron chi connectivity index (χ1n) is 3.91. The molecule has 0 saturated carbocycles. The molecule has 1 rings (SSSR count). The zero-order valence-corrected chi connectivity index (χ0v) is 7.27. The molecule has 0 aliphatic rings. The molecule has 0 amide bonds. The number of aryl methyl sites for hydroxylation is 1. The summed E-state index contributed by atoms with van der Waals surface area (Å²) in [6.07, 6.45) is 0. The molecular formula is C7H11N3O3. The monoisotopic (exact) mass is 185 g/mol. The molecule has 0 aliphatic heterocycles. The van der Waals surface area contributed by atoms with Crippen LogP contribution in [0.4, 0.5) is 0 Å². The van der Waals surface area contributed by atoms with Crippen molar-refractivity contribution in [3.05, 3.63) is 21.6 Å². The van der Waals surface area contributed by atoms with Crippen LogP contribution in [0.1, 0.15) is 18.2 Å². The highest BCUT2D eigenvalue weighted by atomic mass is 16.3. The summed E-state index contributed by atoms with van der Waals surface area (Å²) in [5.74, 6) is 0. The highest BCUT2D eigenvalue weighted by Crippen LogP contribution is 1.97. The summed E-state index contributed by atoms with van der Waals surface area (Å²) in [5, 5.41) is 24.8. The van der Waals surface area contributed by atoms with Crippen molar-refractivity contribution in [3.8, 4) is 0 Å². The zero-order chi connectivity index (χ0) is 9.84. The summed E-state index contributed by atoms with van der Waals surface area (Å²) in [5.41, 5.74) is -0.152. The second-order valence-corrected chi connectivity index (χ2v) is 2.45. The molecule has 1 aromatic heterocycles. The Balaban J connectivity index is 3.32. The van der Waals surface area contributed by atoms with Gasteiger partial charge in [-0.25, -0.2) is 4.68 Å². The maximum absolute atomic E-state index is 11.4. The van der Waals surface area contributed by atoms with Gasteiger partial charge in [-0.05, 0) is 6.92 Å². The molecule has 1 aromatic rings. The number of nitrogens with zero attached hydrogens (tertiary/aromatic N) is 3. The van der Waals surface area contributed by atoms with Crippen molar-refractivity contribution in [1.29, 1.82) is 0 Å². The zero-order valence-electron chi connectivity index (χ0n) is 7.27. The molecule has 0 fully saturated rings. The van der Waals surface area contributed by atoms with E-state index in [9.17, 15) is 4.79 Å². The minimum atomic E-state index is -0.426. The topological polar surface area (TPSA) is 88.2 Å². The van der Waals surface area contributed by atoms with Gasteiger partial charge in [0.1, 0.15) is 5.69 Å². The first-order chi connectivity index (χ1) is 6.24.